The van der Waals surface area contributed by atoms with E-state index in [-0.39, 0.29) is 6.42 Å². The van der Waals surface area contributed by atoms with Crippen molar-refractivity contribution in [2.45, 2.75) is 13.3 Å². The van der Waals surface area contributed by atoms with E-state index >= 15 is 0 Å². The normalized spacial score (nSPS) is 14.0. The second-order valence-corrected chi connectivity index (χ2v) is 7.13. The maximum atomic E-state index is 11.4. The third-order valence-corrected chi connectivity index (χ3v) is 5.17. The lowest BCUT2D eigenvalue weighted by molar-refractivity contribution is -0.135. The average Bonchev–Trinajstić information content (AvgIpc) is 2.99. The van der Waals surface area contributed by atoms with Crippen molar-refractivity contribution >= 4 is 23.2 Å². The van der Waals surface area contributed by atoms with Gasteiger partial charge in [-0.25, -0.2) is 0 Å². The fourth-order valence-electron chi connectivity index (χ4n) is 3.73. The van der Waals surface area contributed by atoms with E-state index in [2.05, 4.69) is 6.08 Å². The van der Waals surface area contributed by atoms with Gasteiger partial charge in [-0.1, -0.05) is 36.4 Å². The summed E-state index contributed by atoms with van der Waals surface area (Å²) < 4.78 is 11.3. The third kappa shape index (κ3) is 3.98. The van der Waals surface area contributed by atoms with Gasteiger partial charge in [-0.05, 0) is 82.8 Å². The average molecular weight is 398 g/mol. The molecule has 0 radical (unpaired) electrons. The molecule has 3 aromatic rings. The quantitative estimate of drug-likeness (QED) is 0.530. The molecule has 1 aliphatic rings. The molecule has 0 atom stereocenters. The first-order valence-corrected chi connectivity index (χ1v) is 9.70. The van der Waals surface area contributed by atoms with Crippen LogP contribution in [-0.2, 0) is 4.79 Å². The lowest BCUT2D eigenvalue weighted by atomic mass is 10.00. The Kier molecular flexibility index (Phi) is 5.40. The van der Waals surface area contributed by atoms with Crippen LogP contribution in [0.15, 0.2) is 78.4 Å². The first kappa shape index (κ1) is 19.5. The Bertz CT molecular complexity index is 1160. The van der Waals surface area contributed by atoms with Crippen molar-refractivity contribution in [2.24, 2.45) is 0 Å². The number of carbonyl (C=O) groups is 1. The number of methoxy groups -OCH3 is 1. The fourth-order valence-corrected chi connectivity index (χ4v) is 3.73. The molecule has 0 aromatic heterocycles. The lowest BCUT2D eigenvalue weighted by Gasteiger charge is -2.09. The molecule has 30 heavy (non-hydrogen) atoms. The molecule has 1 aliphatic carbocycles. The maximum Gasteiger partial charge on any atom is 0.307 e. The zero-order chi connectivity index (χ0) is 21.1. The number of para-hydroxylation sites is 1. The van der Waals surface area contributed by atoms with Crippen LogP contribution >= 0.6 is 0 Å². The number of allylic oxidation sites excluding steroid dienone is 2. The fraction of sp³-hybridized carbons (Fsp3) is 0.115. The monoisotopic (exact) mass is 398 g/mol. The van der Waals surface area contributed by atoms with Gasteiger partial charge in [0.05, 0.1) is 13.5 Å². The van der Waals surface area contributed by atoms with E-state index in [9.17, 15) is 9.90 Å². The summed E-state index contributed by atoms with van der Waals surface area (Å²) in [6.45, 7) is 1.97. The predicted octanol–water partition coefficient (Wildman–Crippen LogP) is 6.29. The van der Waals surface area contributed by atoms with Crippen molar-refractivity contribution in [3.05, 3.63) is 95.1 Å². The minimum atomic E-state index is -0.842. The Balaban J connectivity index is 1.75. The molecule has 0 unspecified atom stereocenters. The summed E-state index contributed by atoms with van der Waals surface area (Å²) in [5, 5.41) is 9.38. The predicted molar refractivity (Wildman–Crippen MR) is 119 cm³/mol. The molecule has 0 fully saturated rings. The van der Waals surface area contributed by atoms with Crippen molar-refractivity contribution in [1.82, 2.24) is 0 Å². The van der Waals surface area contributed by atoms with Gasteiger partial charge in [0, 0.05) is 0 Å². The van der Waals surface area contributed by atoms with E-state index in [4.69, 9.17) is 9.47 Å². The van der Waals surface area contributed by atoms with E-state index in [0.717, 1.165) is 50.7 Å². The summed E-state index contributed by atoms with van der Waals surface area (Å²) in [5.74, 6) is 1.42. The van der Waals surface area contributed by atoms with Crippen LogP contribution < -0.4 is 9.47 Å². The number of fused-ring (bicyclic) bond motifs is 1. The maximum absolute atomic E-state index is 11.4. The number of ether oxygens (including phenoxy) is 2. The summed E-state index contributed by atoms with van der Waals surface area (Å²) in [7, 11) is 1.63. The lowest BCUT2D eigenvalue weighted by Crippen LogP contribution is -1.97. The highest BCUT2D eigenvalue weighted by Gasteiger charge is 2.25. The van der Waals surface area contributed by atoms with E-state index < -0.39 is 5.97 Å². The van der Waals surface area contributed by atoms with Crippen molar-refractivity contribution in [1.29, 1.82) is 0 Å². The second-order valence-electron chi connectivity index (χ2n) is 7.13. The number of rotatable bonds is 6. The molecular formula is C26H22O4. The van der Waals surface area contributed by atoms with Crippen LogP contribution in [0.2, 0.25) is 0 Å². The molecule has 4 nitrogen and oxygen atoms in total. The Hall–Kier alpha value is -3.79. The molecule has 0 amide bonds. The molecule has 0 saturated carbocycles. The van der Waals surface area contributed by atoms with E-state index in [0.29, 0.717) is 0 Å². The highest BCUT2D eigenvalue weighted by atomic mass is 16.5. The number of benzene rings is 3. The molecule has 0 bridgehead atoms. The SMILES string of the molecule is COc1ccc2c(c1)/C(=C\c1cccc(Oc3ccccc3)c1)C(C)=C2CC(=O)O. The molecule has 4 heteroatoms. The van der Waals surface area contributed by atoms with Crippen molar-refractivity contribution in [3.63, 3.8) is 0 Å². The highest BCUT2D eigenvalue weighted by Crippen LogP contribution is 2.45. The van der Waals surface area contributed by atoms with Gasteiger partial charge in [-0.2, -0.15) is 0 Å². The number of aliphatic carboxylic acids is 1. The standard InChI is InChI=1S/C26H22O4/c1-17-23(25-15-20(29-2)11-12-22(25)24(17)16-26(27)28)14-18-7-6-10-21(13-18)30-19-8-4-3-5-9-19/h3-15H,16H2,1-2H3,(H,27,28)/b23-14-. The minimum absolute atomic E-state index is 0.0142. The Morgan fingerprint density at radius 3 is 2.40 bits per heavy atom. The van der Waals surface area contributed by atoms with Gasteiger partial charge in [-0.15, -0.1) is 0 Å². The first-order valence-electron chi connectivity index (χ1n) is 9.70. The third-order valence-electron chi connectivity index (χ3n) is 5.17. The van der Waals surface area contributed by atoms with Crippen molar-refractivity contribution < 1.29 is 19.4 Å². The van der Waals surface area contributed by atoms with Crippen LogP contribution in [0.3, 0.4) is 0 Å². The Morgan fingerprint density at radius 1 is 0.900 bits per heavy atom. The van der Waals surface area contributed by atoms with Crippen molar-refractivity contribution in [2.75, 3.05) is 7.11 Å². The topological polar surface area (TPSA) is 55.8 Å². The number of carboxylic acids is 1. The number of carboxylic acid groups (broad SMARTS) is 1. The summed E-state index contributed by atoms with van der Waals surface area (Å²) in [4.78, 5) is 11.4. The zero-order valence-electron chi connectivity index (χ0n) is 16.9. The van der Waals surface area contributed by atoms with Crippen LogP contribution in [0.25, 0.3) is 17.2 Å². The van der Waals surface area contributed by atoms with Crippen LogP contribution in [0.4, 0.5) is 0 Å². The Labute approximate surface area is 175 Å². The van der Waals surface area contributed by atoms with Gasteiger partial charge in [0.2, 0.25) is 0 Å². The summed E-state index contributed by atoms with van der Waals surface area (Å²) in [6.07, 6.45) is 2.06. The summed E-state index contributed by atoms with van der Waals surface area (Å²) in [5.41, 5.74) is 5.70. The molecule has 150 valence electrons. The molecule has 3 aromatic carbocycles. The van der Waals surface area contributed by atoms with Gasteiger partial charge in [0.15, 0.2) is 0 Å². The second kappa shape index (κ2) is 8.29. The molecule has 0 spiro atoms. The van der Waals surface area contributed by atoms with Gasteiger partial charge in [-0.3, -0.25) is 4.79 Å². The van der Waals surface area contributed by atoms with Crippen LogP contribution in [0.1, 0.15) is 30.0 Å². The van der Waals surface area contributed by atoms with Gasteiger partial charge >= 0.3 is 5.97 Å². The zero-order valence-corrected chi connectivity index (χ0v) is 16.9. The first-order chi connectivity index (χ1) is 14.5. The van der Waals surface area contributed by atoms with E-state index in [1.807, 2.05) is 79.7 Å². The van der Waals surface area contributed by atoms with Gasteiger partial charge in [0.25, 0.3) is 0 Å². The largest absolute Gasteiger partial charge is 0.497 e. The number of hydrogen-bond acceptors (Lipinski definition) is 3. The van der Waals surface area contributed by atoms with Crippen LogP contribution in [0, 0.1) is 0 Å². The molecule has 4 rings (SSSR count). The van der Waals surface area contributed by atoms with E-state index in [1.165, 1.54) is 0 Å². The van der Waals surface area contributed by atoms with Gasteiger partial charge < -0.3 is 14.6 Å². The van der Waals surface area contributed by atoms with Crippen molar-refractivity contribution in [3.8, 4) is 17.2 Å². The number of hydrogen-bond donors (Lipinski definition) is 1. The highest BCUT2D eigenvalue weighted by molar-refractivity contribution is 6.07. The molecule has 0 aliphatic heterocycles. The Morgan fingerprint density at radius 2 is 1.67 bits per heavy atom. The van der Waals surface area contributed by atoms with Crippen LogP contribution in [0.5, 0.6) is 17.2 Å². The van der Waals surface area contributed by atoms with E-state index in [1.54, 1.807) is 7.11 Å². The van der Waals surface area contributed by atoms with Gasteiger partial charge in [0.1, 0.15) is 17.2 Å². The minimum Gasteiger partial charge on any atom is -0.497 e. The summed E-state index contributed by atoms with van der Waals surface area (Å²) >= 11 is 0. The molecular weight excluding hydrogens is 376 g/mol. The summed E-state index contributed by atoms with van der Waals surface area (Å²) in [6, 6.07) is 23.2. The molecule has 1 N–H and O–H groups in total. The smallest absolute Gasteiger partial charge is 0.307 e. The molecule has 0 saturated heterocycles. The molecule has 0 heterocycles. The van der Waals surface area contributed by atoms with Crippen LogP contribution in [-0.4, -0.2) is 18.2 Å².